The maximum absolute atomic E-state index is 11.7. The molecule has 0 aliphatic rings. The van der Waals surface area contributed by atoms with Gasteiger partial charge in [-0.25, -0.2) is 14.9 Å². The van der Waals surface area contributed by atoms with E-state index in [1.807, 2.05) is 13.8 Å². The summed E-state index contributed by atoms with van der Waals surface area (Å²) >= 11 is 5.35. The minimum Gasteiger partial charge on any atom is -0.443 e. The smallest absolute Gasteiger partial charge is 0.415 e. The highest BCUT2D eigenvalue weighted by Gasteiger charge is 2.25. The minimum absolute atomic E-state index is 0.0864. The summed E-state index contributed by atoms with van der Waals surface area (Å²) in [6.45, 7) is 8.83. The zero-order valence-corrected chi connectivity index (χ0v) is 13.4. The lowest BCUT2D eigenvalue weighted by Crippen LogP contribution is -2.27. The highest BCUT2D eigenvalue weighted by atomic mass is 35.5. The molecule has 0 saturated heterocycles. The lowest BCUT2D eigenvalue weighted by molar-refractivity contribution is 0.0532. The number of anilines is 1. The normalized spacial score (nSPS) is 11.4. The lowest BCUT2D eigenvalue weighted by atomic mass is 10.1. The van der Waals surface area contributed by atoms with Crippen LogP contribution in [0.25, 0.3) is 0 Å². The molecule has 0 bridgehead atoms. The van der Waals surface area contributed by atoms with Gasteiger partial charge in [0.25, 0.3) is 0 Å². The summed E-state index contributed by atoms with van der Waals surface area (Å²) < 4.78 is 15.0. The predicted octanol–water partition coefficient (Wildman–Crippen LogP) is 3.50. The molecule has 21 heavy (non-hydrogen) atoms. The van der Waals surface area contributed by atoms with Gasteiger partial charge in [0.2, 0.25) is 5.76 Å². The summed E-state index contributed by atoms with van der Waals surface area (Å²) in [4.78, 5) is 27.4. The zero-order valence-electron chi connectivity index (χ0n) is 12.7. The Morgan fingerprint density at radius 2 is 2.00 bits per heavy atom. The predicted molar refractivity (Wildman–Crippen MR) is 76.6 cm³/mol. The van der Waals surface area contributed by atoms with Crippen molar-refractivity contribution < 1.29 is 23.5 Å². The number of alkyl halides is 1. The quantitative estimate of drug-likeness (QED) is 0.675. The number of amides is 1. The minimum atomic E-state index is -0.738. The fourth-order valence-electron chi connectivity index (χ4n) is 1.43. The van der Waals surface area contributed by atoms with Crippen LogP contribution in [0.2, 0.25) is 0 Å². The van der Waals surface area contributed by atoms with Gasteiger partial charge < -0.3 is 13.9 Å². The fraction of sp³-hybridized carbons (Fsp3) is 0.615. The van der Waals surface area contributed by atoms with Gasteiger partial charge in [-0.05, 0) is 26.7 Å². The molecule has 0 spiro atoms. The van der Waals surface area contributed by atoms with Crippen LogP contribution in [-0.4, -0.2) is 28.7 Å². The first-order chi connectivity index (χ1) is 9.64. The van der Waals surface area contributed by atoms with E-state index in [9.17, 15) is 9.59 Å². The van der Waals surface area contributed by atoms with Crippen LogP contribution in [0.5, 0.6) is 0 Å². The van der Waals surface area contributed by atoms with Crippen molar-refractivity contribution in [1.29, 1.82) is 0 Å². The Morgan fingerprint density at radius 1 is 1.38 bits per heavy atom. The standard InChI is InChI=1S/C13H19ClN2O5/c1-7(2)8-9(10(17)19-6-14)20-11(15-8)16-12(18)21-13(3,4)5/h7H,6H2,1-5H3,(H,15,16,18). The van der Waals surface area contributed by atoms with Crippen molar-refractivity contribution in [1.82, 2.24) is 4.98 Å². The van der Waals surface area contributed by atoms with Crippen LogP contribution in [0.3, 0.4) is 0 Å². The number of oxazole rings is 1. The van der Waals surface area contributed by atoms with E-state index in [1.165, 1.54) is 0 Å². The van der Waals surface area contributed by atoms with Gasteiger partial charge in [0.05, 0.1) is 5.69 Å². The molecule has 1 aromatic heterocycles. The molecule has 8 heteroatoms. The summed E-state index contributed by atoms with van der Waals surface area (Å²) in [5.41, 5.74) is -0.283. The van der Waals surface area contributed by atoms with Crippen molar-refractivity contribution in [3.8, 4) is 0 Å². The largest absolute Gasteiger partial charge is 0.443 e. The van der Waals surface area contributed by atoms with Gasteiger partial charge in [0.1, 0.15) is 5.60 Å². The maximum Gasteiger partial charge on any atom is 0.415 e. The van der Waals surface area contributed by atoms with E-state index in [2.05, 4.69) is 15.0 Å². The Hall–Kier alpha value is -1.76. The van der Waals surface area contributed by atoms with Gasteiger partial charge in [-0.15, -0.1) is 0 Å². The molecule has 1 aromatic rings. The van der Waals surface area contributed by atoms with Crippen LogP contribution in [-0.2, 0) is 9.47 Å². The number of esters is 1. The van der Waals surface area contributed by atoms with Crippen LogP contribution < -0.4 is 5.32 Å². The molecule has 7 nitrogen and oxygen atoms in total. The lowest BCUT2D eigenvalue weighted by Gasteiger charge is -2.18. The van der Waals surface area contributed by atoms with Gasteiger partial charge in [0, 0.05) is 0 Å². The number of carbonyl (C=O) groups is 2. The SMILES string of the molecule is CC(C)c1nc(NC(=O)OC(C)(C)C)oc1C(=O)OCCl. The number of aromatic nitrogens is 1. The van der Waals surface area contributed by atoms with Crippen molar-refractivity contribution in [2.24, 2.45) is 0 Å². The number of hydrogen-bond acceptors (Lipinski definition) is 6. The molecular weight excluding hydrogens is 300 g/mol. The van der Waals surface area contributed by atoms with E-state index < -0.39 is 17.7 Å². The van der Waals surface area contributed by atoms with E-state index in [1.54, 1.807) is 20.8 Å². The molecule has 1 amide bonds. The number of rotatable bonds is 4. The summed E-state index contributed by atoms with van der Waals surface area (Å²) in [5, 5.41) is 2.33. The Bertz CT molecular complexity index is 519. The molecule has 0 unspecified atom stereocenters. The van der Waals surface area contributed by atoms with Crippen LogP contribution in [0.1, 0.15) is 56.8 Å². The van der Waals surface area contributed by atoms with Crippen molar-refractivity contribution in [2.45, 2.75) is 46.1 Å². The summed E-state index contributed by atoms with van der Waals surface area (Å²) in [7, 11) is 0. The number of carbonyl (C=O) groups excluding carboxylic acids is 2. The van der Waals surface area contributed by atoms with Crippen molar-refractivity contribution in [2.75, 3.05) is 11.4 Å². The third-order valence-corrected chi connectivity index (χ3v) is 2.29. The number of halogens is 1. The van der Waals surface area contributed by atoms with Crippen LogP contribution in [0.15, 0.2) is 4.42 Å². The zero-order chi connectivity index (χ0) is 16.2. The molecule has 1 N–H and O–H groups in total. The van der Waals surface area contributed by atoms with Crippen LogP contribution >= 0.6 is 11.6 Å². The van der Waals surface area contributed by atoms with Gasteiger partial charge in [-0.3, -0.25) is 0 Å². The number of nitrogens with zero attached hydrogens (tertiary/aromatic N) is 1. The topological polar surface area (TPSA) is 90.7 Å². The highest BCUT2D eigenvalue weighted by molar-refractivity contribution is 6.17. The van der Waals surface area contributed by atoms with Crippen LogP contribution in [0.4, 0.5) is 10.8 Å². The third kappa shape index (κ3) is 5.26. The van der Waals surface area contributed by atoms with Crippen molar-refractivity contribution in [3.63, 3.8) is 0 Å². The first-order valence-electron chi connectivity index (χ1n) is 6.38. The fourth-order valence-corrected chi connectivity index (χ4v) is 1.53. The maximum atomic E-state index is 11.7. The van der Waals surface area contributed by atoms with Gasteiger partial charge in [-0.2, -0.15) is 4.98 Å². The molecule has 0 aliphatic heterocycles. The molecule has 0 saturated carbocycles. The van der Waals surface area contributed by atoms with Gasteiger partial charge in [0.15, 0.2) is 6.07 Å². The Kier molecular flexibility index (Phi) is 5.60. The summed E-state index contributed by atoms with van der Waals surface area (Å²) in [6.07, 6.45) is -0.726. The average molecular weight is 319 g/mol. The molecule has 1 rings (SSSR count). The molecule has 0 aromatic carbocycles. The third-order valence-electron chi connectivity index (χ3n) is 2.18. The molecule has 0 atom stereocenters. The summed E-state index contributed by atoms with van der Waals surface area (Å²) in [6, 6.07) is -0.430. The van der Waals surface area contributed by atoms with Crippen molar-refractivity contribution in [3.05, 3.63) is 11.5 Å². The number of ether oxygens (including phenoxy) is 2. The molecule has 0 fully saturated rings. The van der Waals surface area contributed by atoms with E-state index in [0.717, 1.165) is 0 Å². The molecule has 118 valence electrons. The Morgan fingerprint density at radius 3 is 2.48 bits per heavy atom. The first-order valence-corrected chi connectivity index (χ1v) is 6.91. The molecular formula is C13H19ClN2O5. The molecule has 0 radical (unpaired) electrons. The second-order valence-corrected chi connectivity index (χ2v) is 5.77. The second kappa shape index (κ2) is 6.80. The van der Waals surface area contributed by atoms with E-state index in [0.29, 0.717) is 5.69 Å². The van der Waals surface area contributed by atoms with E-state index >= 15 is 0 Å². The van der Waals surface area contributed by atoms with Gasteiger partial charge >= 0.3 is 18.1 Å². The second-order valence-electron chi connectivity index (χ2n) is 5.56. The van der Waals surface area contributed by atoms with Crippen LogP contribution in [0, 0.1) is 0 Å². The number of hydrogen-bond donors (Lipinski definition) is 1. The molecule has 0 aliphatic carbocycles. The first kappa shape index (κ1) is 17.3. The van der Waals surface area contributed by atoms with E-state index in [4.69, 9.17) is 20.8 Å². The Labute approximate surface area is 127 Å². The average Bonchev–Trinajstić information content (AvgIpc) is 2.70. The summed E-state index contributed by atoms with van der Waals surface area (Å²) in [5.74, 6) is -0.920. The Balaban J connectivity index is 2.92. The van der Waals surface area contributed by atoms with Gasteiger partial charge in [-0.1, -0.05) is 25.4 Å². The highest BCUT2D eigenvalue weighted by Crippen LogP contribution is 2.24. The molecule has 1 heterocycles. The van der Waals surface area contributed by atoms with E-state index in [-0.39, 0.29) is 23.8 Å². The number of nitrogens with one attached hydrogen (secondary N) is 1. The monoisotopic (exact) mass is 318 g/mol. The van der Waals surface area contributed by atoms with Crippen molar-refractivity contribution >= 4 is 29.7 Å².